The van der Waals surface area contributed by atoms with Gasteiger partial charge in [0.1, 0.15) is 29.8 Å². The summed E-state index contributed by atoms with van der Waals surface area (Å²) in [6.45, 7) is 0. The number of benzene rings is 5. The maximum Gasteiger partial charge on any atom is 0.418 e. The molecule has 0 amide bonds. The number of hydrogen-bond acceptors (Lipinski definition) is 10. The van der Waals surface area contributed by atoms with Gasteiger partial charge in [-0.25, -0.2) is 8.78 Å². The molecule has 10 aliphatic heterocycles. The molecule has 17 heteroatoms. The number of halogens is 7. The van der Waals surface area contributed by atoms with Crippen LogP contribution < -0.4 is 24.5 Å². The van der Waals surface area contributed by atoms with Gasteiger partial charge in [0, 0.05) is 83.2 Å². The summed E-state index contributed by atoms with van der Waals surface area (Å²) in [6.07, 6.45) is 26.0. The van der Waals surface area contributed by atoms with Crippen LogP contribution in [0.4, 0.5) is 50.4 Å². The molecule has 458 valence electrons. The predicted octanol–water partition coefficient (Wildman–Crippen LogP) is 18.0. The summed E-state index contributed by atoms with van der Waals surface area (Å²) < 4.78 is 67.0. The van der Waals surface area contributed by atoms with Crippen molar-refractivity contribution in [3.63, 3.8) is 0 Å². The smallest absolute Gasteiger partial charge is 0.366 e. The van der Waals surface area contributed by atoms with Crippen LogP contribution in [0, 0.1) is 68.3 Å². The largest absolute Gasteiger partial charge is 0.418 e. The van der Waals surface area contributed by atoms with Crippen molar-refractivity contribution in [2.24, 2.45) is 0 Å². The Bertz CT molecular complexity index is 3250. The van der Waals surface area contributed by atoms with Crippen molar-refractivity contribution in [1.82, 2.24) is 0 Å². The van der Waals surface area contributed by atoms with Gasteiger partial charge in [0.2, 0.25) is 0 Å². The normalized spacial score (nSPS) is 26.6. The highest BCUT2D eigenvalue weighted by molar-refractivity contribution is 6.33. The van der Waals surface area contributed by atoms with Gasteiger partial charge in [-0.15, -0.1) is 0 Å². The van der Waals surface area contributed by atoms with Gasteiger partial charge in [-0.3, -0.25) is 0 Å². The highest BCUT2D eigenvalue weighted by Gasteiger charge is 2.44. The van der Waals surface area contributed by atoms with Gasteiger partial charge in [-0.05, 0) is 252 Å². The fraction of sp³-hybridized carbons (Fsp3) is 0.507. The number of nitriles is 5. The first-order chi connectivity index (χ1) is 42.7. The summed E-state index contributed by atoms with van der Waals surface area (Å²) in [6, 6.07) is 40.7. The summed E-state index contributed by atoms with van der Waals surface area (Å²) in [5.41, 5.74) is 5.35. The van der Waals surface area contributed by atoms with Crippen molar-refractivity contribution in [2.75, 3.05) is 24.5 Å². The topological polar surface area (TPSA) is 135 Å². The zero-order valence-electron chi connectivity index (χ0n) is 49.7. The van der Waals surface area contributed by atoms with E-state index in [-0.39, 0.29) is 34.5 Å². The Morgan fingerprint density at radius 2 is 0.636 bits per heavy atom. The second-order valence-corrected chi connectivity index (χ2v) is 26.4. The summed E-state index contributed by atoms with van der Waals surface area (Å²) in [4.78, 5) is 11.7. The lowest BCUT2D eigenvalue weighted by Gasteiger charge is -2.38. The van der Waals surface area contributed by atoms with E-state index in [1.807, 2.05) is 59.5 Å². The van der Waals surface area contributed by atoms with Crippen molar-refractivity contribution < 1.29 is 22.0 Å². The lowest BCUT2D eigenvalue weighted by Crippen LogP contribution is -2.40. The molecular weight excluding hydrogens is 1160 g/mol. The third kappa shape index (κ3) is 13.4. The Hall–Kier alpha value is -7.22. The van der Waals surface area contributed by atoms with E-state index in [0.717, 1.165) is 60.3 Å². The molecule has 10 nitrogen and oxygen atoms in total. The van der Waals surface area contributed by atoms with E-state index < -0.39 is 23.4 Å². The molecule has 0 N–H and O–H groups in total. The molecule has 10 aliphatic rings. The number of hydrogen-bond donors (Lipinski definition) is 0. The molecule has 0 aliphatic carbocycles. The molecule has 10 fully saturated rings. The average molecular weight is 1230 g/mol. The van der Waals surface area contributed by atoms with Crippen LogP contribution in [-0.2, 0) is 6.18 Å². The van der Waals surface area contributed by atoms with Crippen molar-refractivity contribution in [3.05, 3.63) is 146 Å². The number of rotatable bonds is 5. The van der Waals surface area contributed by atoms with E-state index in [1.165, 1.54) is 158 Å². The first-order valence-corrected chi connectivity index (χ1v) is 32.8. The molecule has 15 rings (SSSR count). The van der Waals surface area contributed by atoms with Crippen LogP contribution in [0.5, 0.6) is 0 Å². The van der Waals surface area contributed by atoms with Crippen LogP contribution >= 0.6 is 23.2 Å². The Balaban J connectivity index is 0.000000114. The minimum Gasteiger partial charge on any atom is -0.366 e. The molecule has 0 radical (unpaired) electrons. The number of fused-ring (bicyclic) bond motifs is 10. The van der Waals surface area contributed by atoms with Gasteiger partial charge in [-0.1, -0.05) is 23.2 Å². The molecule has 10 bridgehead atoms. The van der Waals surface area contributed by atoms with Crippen molar-refractivity contribution in [2.45, 2.75) is 227 Å². The Morgan fingerprint density at radius 1 is 0.330 bits per heavy atom. The molecular formula is C71H75Cl2F5N10. The monoisotopic (exact) mass is 1230 g/mol. The minimum absolute atomic E-state index is 0.0606. The van der Waals surface area contributed by atoms with E-state index in [4.69, 9.17) is 49.5 Å². The SMILES string of the molecule is N#Cc1ccc(N2C3CCCC2CC3)c(C(F)(F)F)c1.N#Cc1ccc(N2C3CCCC2CC3)c(Cl)c1.N#Cc1ccc(N2C3CCCC2CC3)cc1Cl.N#Cc1ccc(N2C3CCCC2CC3)cc1F.N#Cc1ccc(N2C3CCCC2CC3)cc1F. The fourth-order valence-corrected chi connectivity index (χ4v) is 17.2. The molecule has 5 aromatic rings. The first-order valence-electron chi connectivity index (χ1n) is 32.0. The molecule has 0 aromatic heterocycles. The van der Waals surface area contributed by atoms with Gasteiger partial charge in [0.25, 0.3) is 0 Å². The predicted molar refractivity (Wildman–Crippen MR) is 336 cm³/mol. The molecule has 0 saturated carbocycles. The van der Waals surface area contributed by atoms with E-state index >= 15 is 0 Å². The highest BCUT2D eigenvalue weighted by Crippen LogP contribution is 2.47. The molecule has 10 saturated heterocycles. The lowest BCUT2D eigenvalue weighted by molar-refractivity contribution is -0.137. The zero-order chi connectivity index (χ0) is 61.6. The van der Waals surface area contributed by atoms with Gasteiger partial charge in [0.15, 0.2) is 0 Å². The van der Waals surface area contributed by atoms with Gasteiger partial charge in [0.05, 0.1) is 61.3 Å². The number of alkyl halides is 3. The maximum absolute atomic E-state index is 13.6. The van der Waals surface area contributed by atoms with Crippen molar-refractivity contribution in [1.29, 1.82) is 26.3 Å². The summed E-state index contributed by atoms with van der Waals surface area (Å²) in [5.74, 6) is -0.787. The van der Waals surface area contributed by atoms with E-state index in [9.17, 15) is 22.0 Å². The lowest BCUT2D eigenvalue weighted by atomic mass is 9.99. The second-order valence-electron chi connectivity index (χ2n) is 25.6. The van der Waals surface area contributed by atoms with E-state index in [0.29, 0.717) is 64.5 Å². The summed E-state index contributed by atoms with van der Waals surface area (Å²) in [7, 11) is 0. The number of nitrogens with zero attached hydrogens (tertiary/aromatic N) is 10. The third-order valence-electron chi connectivity index (χ3n) is 20.7. The summed E-state index contributed by atoms with van der Waals surface area (Å²) >= 11 is 12.4. The molecule has 88 heavy (non-hydrogen) atoms. The first kappa shape index (κ1) is 62.4. The van der Waals surface area contributed by atoms with Crippen LogP contribution in [0.25, 0.3) is 0 Å². The molecule has 10 unspecified atom stereocenters. The quantitative estimate of drug-likeness (QED) is 0.157. The molecule has 5 aromatic carbocycles. The van der Waals surface area contributed by atoms with Crippen LogP contribution in [0.2, 0.25) is 10.0 Å². The standard InChI is InChI=1S/C15H15F3N2.2C14H15ClN2.2C14H15FN2/c16-15(17,18)13-8-10(9-19)4-7-14(13)20-11-2-1-3-12(20)6-5-11;15-13-8-10(9-16)4-7-14(13)17-11-2-1-3-12(17)6-5-11;3*15-14-8-13(5-4-10(14)9-16)17-11-2-1-3-12(17)7-6-11/h4,7-8,11-12H,1-3,5-6H2;4,7-8,11-12H,1-3,5-6H2;3*4-5,8,11-12H,1-3,6-7H2. The zero-order valence-corrected chi connectivity index (χ0v) is 51.2. The Labute approximate surface area is 525 Å². The third-order valence-corrected chi connectivity index (χ3v) is 21.3. The Morgan fingerprint density at radius 3 is 0.943 bits per heavy atom. The van der Waals surface area contributed by atoms with E-state index in [1.54, 1.807) is 24.3 Å². The molecule has 10 heterocycles. The number of anilines is 5. The maximum atomic E-state index is 13.6. The van der Waals surface area contributed by atoms with Crippen LogP contribution in [0.15, 0.2) is 91.0 Å². The van der Waals surface area contributed by atoms with Crippen molar-refractivity contribution in [3.8, 4) is 30.3 Å². The Kier molecular flexibility index (Phi) is 19.6. The molecule has 0 spiro atoms. The average Bonchev–Trinajstić information content (AvgIpc) is 2.02. The van der Waals surface area contributed by atoms with Crippen LogP contribution in [0.3, 0.4) is 0 Å². The highest BCUT2D eigenvalue weighted by atomic mass is 35.5. The van der Waals surface area contributed by atoms with Gasteiger partial charge < -0.3 is 24.5 Å². The fourth-order valence-electron chi connectivity index (χ4n) is 16.7. The van der Waals surface area contributed by atoms with Crippen molar-refractivity contribution >= 4 is 51.6 Å². The molecule has 10 atom stereocenters. The summed E-state index contributed by atoms with van der Waals surface area (Å²) in [5, 5.41) is 45.3. The van der Waals surface area contributed by atoms with Gasteiger partial charge >= 0.3 is 6.18 Å². The number of piperidine rings is 5. The van der Waals surface area contributed by atoms with Crippen LogP contribution in [-0.4, -0.2) is 60.4 Å². The van der Waals surface area contributed by atoms with E-state index in [2.05, 4.69) is 31.7 Å². The minimum atomic E-state index is -4.42. The van der Waals surface area contributed by atoms with Crippen LogP contribution in [0.1, 0.15) is 194 Å². The van der Waals surface area contributed by atoms with Gasteiger partial charge in [-0.2, -0.15) is 39.5 Å². The second kappa shape index (κ2) is 27.7.